The van der Waals surface area contributed by atoms with Crippen molar-refractivity contribution in [2.24, 2.45) is 5.92 Å². The zero-order valence-electron chi connectivity index (χ0n) is 13.3. The summed E-state index contributed by atoms with van der Waals surface area (Å²) >= 11 is 0. The van der Waals surface area contributed by atoms with Crippen LogP contribution in [-0.4, -0.2) is 22.1 Å². The van der Waals surface area contributed by atoms with E-state index in [-0.39, 0.29) is 0 Å². The second-order valence-corrected chi connectivity index (χ2v) is 6.44. The highest BCUT2D eigenvalue weighted by atomic mass is 15.1. The molecule has 0 bridgehead atoms. The molecule has 3 rings (SSSR count). The van der Waals surface area contributed by atoms with Gasteiger partial charge in [0, 0.05) is 25.6 Å². The van der Waals surface area contributed by atoms with Crippen LogP contribution in [-0.2, 0) is 13.0 Å². The normalized spacial score (nSPS) is 22.8. The molecule has 0 spiro atoms. The summed E-state index contributed by atoms with van der Waals surface area (Å²) in [5.74, 6) is 2.09. The van der Waals surface area contributed by atoms with Crippen LogP contribution in [0.3, 0.4) is 0 Å². The number of imidazole rings is 1. The average molecular weight is 285 g/mol. The fraction of sp³-hybridized carbons (Fsp3) is 0.611. The minimum atomic E-state index is 0.716. The van der Waals surface area contributed by atoms with Crippen LogP contribution in [0.2, 0.25) is 0 Å². The Balaban J connectivity index is 1.64. The van der Waals surface area contributed by atoms with Gasteiger partial charge in [-0.15, -0.1) is 0 Å². The van der Waals surface area contributed by atoms with Crippen molar-refractivity contribution < 1.29 is 0 Å². The molecular weight excluding hydrogens is 258 g/mol. The number of benzene rings is 1. The zero-order chi connectivity index (χ0) is 14.7. The van der Waals surface area contributed by atoms with E-state index in [2.05, 4.69) is 48.0 Å². The quantitative estimate of drug-likeness (QED) is 0.906. The van der Waals surface area contributed by atoms with Gasteiger partial charge in [-0.2, -0.15) is 0 Å². The highest BCUT2D eigenvalue weighted by Crippen LogP contribution is 2.23. The number of aryl methyl sites for hydroxylation is 1. The van der Waals surface area contributed by atoms with Crippen molar-refractivity contribution in [3.8, 4) is 0 Å². The number of hydrogen-bond donors (Lipinski definition) is 1. The average Bonchev–Trinajstić information content (AvgIpc) is 2.86. The van der Waals surface area contributed by atoms with Gasteiger partial charge in [-0.3, -0.25) is 0 Å². The van der Waals surface area contributed by atoms with Gasteiger partial charge in [0.15, 0.2) is 0 Å². The molecule has 3 heteroatoms. The number of fused-ring (bicyclic) bond motifs is 1. The molecule has 0 amide bonds. The summed E-state index contributed by atoms with van der Waals surface area (Å²) in [6.45, 7) is 6.64. The molecule has 114 valence electrons. The van der Waals surface area contributed by atoms with E-state index in [9.17, 15) is 0 Å². The van der Waals surface area contributed by atoms with Gasteiger partial charge in [0.1, 0.15) is 5.82 Å². The predicted octanol–water partition coefficient (Wildman–Crippen LogP) is 3.77. The third kappa shape index (κ3) is 3.29. The number of nitrogens with zero attached hydrogens (tertiary/aromatic N) is 2. The van der Waals surface area contributed by atoms with Gasteiger partial charge in [-0.25, -0.2) is 4.98 Å². The summed E-state index contributed by atoms with van der Waals surface area (Å²) in [7, 11) is 0. The fourth-order valence-electron chi connectivity index (χ4n) is 3.64. The van der Waals surface area contributed by atoms with Gasteiger partial charge in [-0.05, 0) is 30.9 Å². The number of hydrogen-bond acceptors (Lipinski definition) is 2. The molecule has 1 fully saturated rings. The highest BCUT2D eigenvalue weighted by molar-refractivity contribution is 5.75. The van der Waals surface area contributed by atoms with E-state index < -0.39 is 0 Å². The highest BCUT2D eigenvalue weighted by Gasteiger charge is 2.18. The van der Waals surface area contributed by atoms with Gasteiger partial charge in [0.25, 0.3) is 0 Å². The number of para-hydroxylation sites is 2. The van der Waals surface area contributed by atoms with Crippen molar-refractivity contribution in [1.29, 1.82) is 0 Å². The lowest BCUT2D eigenvalue weighted by Gasteiger charge is -2.27. The number of rotatable bonds is 5. The van der Waals surface area contributed by atoms with Crippen molar-refractivity contribution in [2.75, 3.05) is 6.54 Å². The largest absolute Gasteiger partial charge is 0.327 e. The lowest BCUT2D eigenvalue weighted by atomic mass is 9.87. The van der Waals surface area contributed by atoms with E-state index in [1.54, 1.807) is 0 Å². The Kier molecular flexibility index (Phi) is 4.59. The van der Waals surface area contributed by atoms with Crippen LogP contribution >= 0.6 is 0 Å². The summed E-state index contributed by atoms with van der Waals surface area (Å²) < 4.78 is 2.38. The number of aromatic nitrogens is 2. The van der Waals surface area contributed by atoms with Crippen LogP contribution in [0, 0.1) is 5.92 Å². The summed E-state index contributed by atoms with van der Waals surface area (Å²) in [6, 6.07) is 9.19. The van der Waals surface area contributed by atoms with Crippen LogP contribution in [0.15, 0.2) is 24.3 Å². The minimum absolute atomic E-state index is 0.716. The Morgan fingerprint density at radius 2 is 2.14 bits per heavy atom. The maximum Gasteiger partial charge on any atom is 0.109 e. The second kappa shape index (κ2) is 6.61. The van der Waals surface area contributed by atoms with Crippen molar-refractivity contribution in [1.82, 2.24) is 14.9 Å². The standard InChI is InChI=1S/C18H27N3/c1-3-18-20-16-9-4-5-10-17(16)21(18)12-11-19-15-8-6-7-14(2)13-15/h4-5,9-10,14-15,19H,3,6-8,11-13H2,1-2H3. The maximum atomic E-state index is 4.74. The van der Waals surface area contributed by atoms with Gasteiger partial charge in [0.05, 0.1) is 11.0 Å². The molecule has 1 heterocycles. The van der Waals surface area contributed by atoms with Crippen LogP contribution in [0.1, 0.15) is 45.4 Å². The van der Waals surface area contributed by atoms with Crippen LogP contribution in [0.4, 0.5) is 0 Å². The lowest BCUT2D eigenvalue weighted by molar-refractivity contribution is 0.299. The first-order chi connectivity index (χ1) is 10.3. The first kappa shape index (κ1) is 14.6. The molecule has 3 nitrogen and oxygen atoms in total. The molecule has 1 saturated carbocycles. The zero-order valence-corrected chi connectivity index (χ0v) is 13.3. The summed E-state index contributed by atoms with van der Waals surface area (Å²) in [4.78, 5) is 4.74. The first-order valence-electron chi connectivity index (χ1n) is 8.45. The van der Waals surface area contributed by atoms with Crippen LogP contribution < -0.4 is 5.32 Å². The van der Waals surface area contributed by atoms with Crippen molar-refractivity contribution in [3.05, 3.63) is 30.1 Å². The molecule has 1 aliphatic carbocycles. The number of nitrogens with one attached hydrogen (secondary N) is 1. The van der Waals surface area contributed by atoms with Crippen LogP contribution in [0.25, 0.3) is 11.0 Å². The summed E-state index contributed by atoms with van der Waals surface area (Å²) in [5.41, 5.74) is 2.40. The molecular formula is C18H27N3. The van der Waals surface area contributed by atoms with Gasteiger partial charge in [-0.1, -0.05) is 38.8 Å². The molecule has 0 saturated heterocycles. The second-order valence-electron chi connectivity index (χ2n) is 6.44. The van der Waals surface area contributed by atoms with Gasteiger partial charge >= 0.3 is 0 Å². The molecule has 0 aliphatic heterocycles. The maximum absolute atomic E-state index is 4.74. The van der Waals surface area contributed by atoms with Crippen LogP contribution in [0.5, 0.6) is 0 Å². The van der Waals surface area contributed by atoms with E-state index in [1.807, 2.05) is 0 Å². The summed E-state index contributed by atoms with van der Waals surface area (Å²) in [6.07, 6.45) is 6.47. The lowest BCUT2D eigenvalue weighted by Crippen LogP contribution is -2.35. The van der Waals surface area contributed by atoms with E-state index >= 15 is 0 Å². The Morgan fingerprint density at radius 1 is 1.29 bits per heavy atom. The Hall–Kier alpha value is -1.35. The third-order valence-corrected chi connectivity index (χ3v) is 4.75. The fourth-order valence-corrected chi connectivity index (χ4v) is 3.64. The van der Waals surface area contributed by atoms with Crippen molar-refractivity contribution in [3.63, 3.8) is 0 Å². The topological polar surface area (TPSA) is 29.9 Å². The molecule has 21 heavy (non-hydrogen) atoms. The molecule has 2 unspecified atom stereocenters. The predicted molar refractivity (Wildman–Crippen MR) is 88.5 cm³/mol. The molecule has 1 N–H and O–H groups in total. The smallest absolute Gasteiger partial charge is 0.109 e. The summed E-state index contributed by atoms with van der Waals surface area (Å²) in [5, 5.41) is 3.76. The van der Waals surface area contributed by atoms with E-state index in [1.165, 1.54) is 37.0 Å². The van der Waals surface area contributed by atoms with E-state index in [4.69, 9.17) is 4.98 Å². The Bertz CT molecular complexity index is 587. The van der Waals surface area contributed by atoms with E-state index in [0.29, 0.717) is 6.04 Å². The van der Waals surface area contributed by atoms with E-state index in [0.717, 1.165) is 30.9 Å². The SMILES string of the molecule is CCc1nc2ccccc2n1CCNC1CCCC(C)C1. The molecule has 2 aromatic rings. The molecule has 1 aromatic carbocycles. The van der Waals surface area contributed by atoms with Gasteiger partial charge in [0.2, 0.25) is 0 Å². The Morgan fingerprint density at radius 3 is 2.95 bits per heavy atom. The molecule has 2 atom stereocenters. The molecule has 1 aliphatic rings. The molecule has 1 aromatic heterocycles. The monoisotopic (exact) mass is 285 g/mol. The van der Waals surface area contributed by atoms with Gasteiger partial charge < -0.3 is 9.88 Å². The van der Waals surface area contributed by atoms with Crippen molar-refractivity contribution in [2.45, 2.75) is 58.5 Å². The molecule has 0 radical (unpaired) electrons. The third-order valence-electron chi connectivity index (χ3n) is 4.75. The first-order valence-corrected chi connectivity index (χ1v) is 8.45. The minimum Gasteiger partial charge on any atom is -0.327 e. The van der Waals surface area contributed by atoms with Crippen molar-refractivity contribution >= 4 is 11.0 Å². The Labute approximate surface area is 127 Å².